The molecule has 8 nitrogen and oxygen atoms in total. The lowest BCUT2D eigenvalue weighted by molar-refractivity contribution is -0.132. The first-order valence-corrected chi connectivity index (χ1v) is 11.1. The predicted molar refractivity (Wildman–Crippen MR) is 131 cm³/mol. The summed E-state index contributed by atoms with van der Waals surface area (Å²) in [5.74, 6) is 0.0494. The molecule has 1 aliphatic heterocycles. The highest BCUT2D eigenvalue weighted by Gasteiger charge is 2.28. The van der Waals surface area contributed by atoms with Crippen LogP contribution in [-0.4, -0.2) is 67.2 Å². The van der Waals surface area contributed by atoms with Gasteiger partial charge in [0.2, 0.25) is 5.91 Å². The highest BCUT2D eigenvalue weighted by Crippen LogP contribution is 2.20. The molecule has 0 unspecified atom stereocenters. The Morgan fingerprint density at radius 1 is 1.44 bits per heavy atom. The molecule has 1 saturated heterocycles. The molecule has 32 heavy (non-hydrogen) atoms. The maximum absolute atomic E-state index is 12.6. The quantitative estimate of drug-likeness (QED) is 0.492. The van der Waals surface area contributed by atoms with Crippen molar-refractivity contribution in [3.05, 3.63) is 53.3 Å². The van der Waals surface area contributed by atoms with E-state index in [1.807, 2.05) is 24.0 Å². The number of nitrogens with zero attached hydrogens (tertiary/aromatic N) is 3. The Hall–Kier alpha value is -3.00. The molecule has 1 aromatic rings. The van der Waals surface area contributed by atoms with Crippen molar-refractivity contribution in [1.82, 2.24) is 15.1 Å². The van der Waals surface area contributed by atoms with Crippen LogP contribution in [0.1, 0.15) is 24.8 Å². The Labute approximate surface area is 195 Å². The predicted octanol–water partition coefficient (Wildman–Crippen LogP) is 3.14. The van der Waals surface area contributed by atoms with E-state index in [1.54, 1.807) is 30.3 Å². The van der Waals surface area contributed by atoms with Crippen molar-refractivity contribution in [2.45, 2.75) is 32.2 Å². The molecule has 3 amide bonds. The van der Waals surface area contributed by atoms with Crippen LogP contribution in [0.15, 0.2) is 47.7 Å². The fraction of sp³-hybridized carbons (Fsp3) is 0.435. The molecule has 1 fully saturated rings. The van der Waals surface area contributed by atoms with Gasteiger partial charge in [-0.2, -0.15) is 0 Å². The van der Waals surface area contributed by atoms with Gasteiger partial charge >= 0.3 is 6.03 Å². The van der Waals surface area contributed by atoms with Gasteiger partial charge in [-0.15, -0.1) is 0 Å². The molecule has 0 bridgehead atoms. The van der Waals surface area contributed by atoms with Gasteiger partial charge in [0.05, 0.1) is 12.6 Å². The summed E-state index contributed by atoms with van der Waals surface area (Å²) in [5, 5.41) is 6.76. The standard InChI is InChI=1S/C23H33ClN6O2/c1-17-14-19(24)7-8-21(17)28-18(2)15-27-23(32)29(3)20-6-4-13-30(16-20)22(31)9-12-26-11-5-10-25/h5,7-8,10-11,14,20,28H,2,4,6,9,12-13,15-16,25H2,1,3H3,(H,27,32)/t20-/m1/s1. The number of carbonyl (C=O) groups is 2. The fourth-order valence-electron chi connectivity index (χ4n) is 3.48. The minimum atomic E-state index is -0.196. The van der Waals surface area contributed by atoms with Gasteiger partial charge in [0.15, 0.2) is 0 Å². The second-order valence-corrected chi connectivity index (χ2v) is 8.22. The minimum Gasteiger partial charge on any atom is -0.405 e. The molecule has 174 valence electrons. The number of hydrogen-bond acceptors (Lipinski definition) is 5. The zero-order valence-electron chi connectivity index (χ0n) is 18.8. The van der Waals surface area contributed by atoms with E-state index in [0.717, 1.165) is 24.1 Å². The summed E-state index contributed by atoms with van der Waals surface area (Å²) in [6.07, 6.45) is 6.66. The minimum absolute atomic E-state index is 0.0314. The summed E-state index contributed by atoms with van der Waals surface area (Å²) in [7, 11) is 1.76. The zero-order valence-corrected chi connectivity index (χ0v) is 19.6. The number of benzene rings is 1. The number of piperidine rings is 1. The Balaban J connectivity index is 1.79. The van der Waals surface area contributed by atoms with Crippen molar-refractivity contribution in [2.75, 3.05) is 38.5 Å². The molecule has 0 spiro atoms. The van der Waals surface area contributed by atoms with Crippen LogP contribution >= 0.6 is 11.6 Å². The molecule has 1 aromatic carbocycles. The molecule has 2 rings (SSSR count). The van der Waals surface area contributed by atoms with Gasteiger partial charge in [-0.25, -0.2) is 4.79 Å². The van der Waals surface area contributed by atoms with E-state index in [0.29, 0.717) is 36.8 Å². The molecular weight excluding hydrogens is 428 g/mol. The number of nitrogens with one attached hydrogen (secondary N) is 2. The average Bonchev–Trinajstić information content (AvgIpc) is 2.78. The van der Waals surface area contributed by atoms with Gasteiger partial charge in [-0.1, -0.05) is 18.2 Å². The Morgan fingerprint density at radius 2 is 2.22 bits per heavy atom. The number of carbonyl (C=O) groups excluding carboxylic acids is 2. The first-order chi connectivity index (χ1) is 15.3. The summed E-state index contributed by atoms with van der Waals surface area (Å²) >= 11 is 5.99. The summed E-state index contributed by atoms with van der Waals surface area (Å²) in [6.45, 7) is 7.88. The van der Waals surface area contributed by atoms with Gasteiger partial charge in [-0.3, -0.25) is 9.79 Å². The SMILES string of the molecule is C=C(CNC(=O)N(C)[C@@H]1CCCN(C(=O)CCN=CC=CN)C1)Nc1ccc(Cl)cc1C. The molecule has 0 radical (unpaired) electrons. The summed E-state index contributed by atoms with van der Waals surface area (Å²) in [6, 6.07) is 5.32. The highest BCUT2D eigenvalue weighted by molar-refractivity contribution is 6.30. The van der Waals surface area contributed by atoms with Crippen LogP contribution in [-0.2, 0) is 4.79 Å². The van der Waals surface area contributed by atoms with Crippen LogP contribution < -0.4 is 16.4 Å². The van der Waals surface area contributed by atoms with E-state index in [4.69, 9.17) is 17.3 Å². The molecule has 1 heterocycles. The number of urea groups is 1. The zero-order chi connectivity index (χ0) is 23.5. The second-order valence-electron chi connectivity index (χ2n) is 7.78. The van der Waals surface area contributed by atoms with Crippen molar-refractivity contribution >= 4 is 35.4 Å². The summed E-state index contributed by atoms with van der Waals surface area (Å²) in [5.41, 5.74) is 7.80. The van der Waals surface area contributed by atoms with Crippen molar-refractivity contribution in [3.8, 4) is 0 Å². The Kier molecular flexibility index (Phi) is 10.1. The van der Waals surface area contributed by atoms with E-state index in [2.05, 4.69) is 22.2 Å². The van der Waals surface area contributed by atoms with Gasteiger partial charge in [0, 0.05) is 55.7 Å². The van der Waals surface area contributed by atoms with E-state index < -0.39 is 0 Å². The van der Waals surface area contributed by atoms with Gasteiger partial charge in [-0.05, 0) is 55.8 Å². The van der Waals surface area contributed by atoms with Crippen molar-refractivity contribution < 1.29 is 9.59 Å². The smallest absolute Gasteiger partial charge is 0.317 e. The first-order valence-electron chi connectivity index (χ1n) is 10.7. The van der Waals surface area contributed by atoms with Crippen molar-refractivity contribution in [3.63, 3.8) is 0 Å². The van der Waals surface area contributed by atoms with Crippen LogP contribution in [0.3, 0.4) is 0 Å². The van der Waals surface area contributed by atoms with E-state index in [-0.39, 0.29) is 24.5 Å². The third-order valence-corrected chi connectivity index (χ3v) is 5.56. The van der Waals surface area contributed by atoms with Crippen LogP contribution in [0, 0.1) is 6.92 Å². The maximum Gasteiger partial charge on any atom is 0.317 e. The van der Waals surface area contributed by atoms with E-state index in [9.17, 15) is 9.59 Å². The lowest BCUT2D eigenvalue weighted by Crippen LogP contribution is -2.52. The normalized spacial score (nSPS) is 16.3. The molecule has 9 heteroatoms. The van der Waals surface area contributed by atoms with Crippen LogP contribution in [0.2, 0.25) is 5.02 Å². The molecule has 0 aliphatic carbocycles. The van der Waals surface area contributed by atoms with Crippen LogP contribution in [0.4, 0.5) is 10.5 Å². The summed E-state index contributed by atoms with van der Waals surface area (Å²) in [4.78, 5) is 32.7. The number of rotatable bonds is 9. The molecular formula is C23H33ClN6O2. The molecule has 4 N–H and O–H groups in total. The third kappa shape index (κ3) is 7.92. The van der Waals surface area contributed by atoms with Gasteiger partial charge in [0.25, 0.3) is 0 Å². The number of likely N-dealkylation sites (tertiary alicyclic amines) is 1. The Morgan fingerprint density at radius 3 is 2.94 bits per heavy atom. The van der Waals surface area contributed by atoms with Crippen molar-refractivity contribution in [1.29, 1.82) is 0 Å². The van der Waals surface area contributed by atoms with Crippen LogP contribution in [0.5, 0.6) is 0 Å². The molecule has 1 aliphatic rings. The van der Waals surface area contributed by atoms with Crippen LogP contribution in [0.25, 0.3) is 0 Å². The lowest BCUT2D eigenvalue weighted by atomic mass is 10.0. The first kappa shape index (κ1) is 25.3. The largest absolute Gasteiger partial charge is 0.405 e. The number of aryl methyl sites for hydroxylation is 1. The topological polar surface area (TPSA) is 103 Å². The number of halogens is 1. The number of amides is 3. The average molecular weight is 461 g/mol. The van der Waals surface area contributed by atoms with Gasteiger partial charge in [0.1, 0.15) is 0 Å². The van der Waals surface area contributed by atoms with Crippen molar-refractivity contribution in [2.24, 2.45) is 10.7 Å². The summed E-state index contributed by atoms with van der Waals surface area (Å²) < 4.78 is 0. The number of nitrogens with two attached hydrogens (primary N) is 1. The van der Waals surface area contributed by atoms with E-state index in [1.165, 1.54) is 6.20 Å². The number of likely N-dealkylation sites (N-methyl/N-ethyl adjacent to an activating group) is 1. The number of hydrogen-bond donors (Lipinski definition) is 3. The highest BCUT2D eigenvalue weighted by atomic mass is 35.5. The fourth-order valence-corrected chi connectivity index (χ4v) is 3.70. The number of allylic oxidation sites excluding steroid dienone is 1. The maximum atomic E-state index is 12.6. The molecule has 1 atom stereocenters. The molecule has 0 saturated carbocycles. The monoisotopic (exact) mass is 460 g/mol. The van der Waals surface area contributed by atoms with Gasteiger partial charge < -0.3 is 26.2 Å². The lowest BCUT2D eigenvalue weighted by Gasteiger charge is -2.37. The Bertz CT molecular complexity index is 870. The number of anilines is 1. The third-order valence-electron chi connectivity index (χ3n) is 5.33. The van der Waals surface area contributed by atoms with E-state index >= 15 is 0 Å². The second kappa shape index (κ2) is 12.8. The number of aliphatic imine (C=N–C) groups is 1. The molecule has 0 aromatic heterocycles.